The van der Waals surface area contributed by atoms with Crippen LogP contribution in [-0.2, 0) is 9.84 Å². The number of rotatable bonds is 3. The summed E-state index contributed by atoms with van der Waals surface area (Å²) in [5.41, 5.74) is 0.773. The van der Waals surface area contributed by atoms with Crippen molar-refractivity contribution in [1.82, 2.24) is 0 Å². The monoisotopic (exact) mass is 306 g/mol. The molecule has 0 spiro atoms. The Hall–Kier alpha value is -1.59. The van der Waals surface area contributed by atoms with Crippen LogP contribution in [0.4, 0.5) is 0 Å². The van der Waals surface area contributed by atoms with Gasteiger partial charge in [0.05, 0.1) is 24.7 Å². The van der Waals surface area contributed by atoms with Gasteiger partial charge in [-0.05, 0) is 41.0 Å². The van der Waals surface area contributed by atoms with Crippen LogP contribution in [0.3, 0.4) is 0 Å². The first-order valence-corrected chi connectivity index (χ1v) is 8.77. The molecule has 112 valence electrons. The first-order valence-electron chi connectivity index (χ1n) is 6.95. The Kier molecular flexibility index (Phi) is 3.63. The second-order valence-corrected chi connectivity index (χ2v) is 7.81. The highest BCUT2D eigenvalue weighted by Gasteiger charge is 2.33. The molecule has 0 saturated carbocycles. The van der Waals surface area contributed by atoms with E-state index in [-0.39, 0.29) is 17.4 Å². The summed E-state index contributed by atoms with van der Waals surface area (Å²) < 4.78 is 28.3. The number of hydrogen-bond donors (Lipinski definition) is 1. The molecule has 0 radical (unpaired) electrons. The molecule has 1 saturated heterocycles. The number of benzene rings is 2. The van der Waals surface area contributed by atoms with E-state index < -0.39 is 15.9 Å². The third kappa shape index (κ3) is 2.89. The van der Waals surface area contributed by atoms with E-state index in [0.29, 0.717) is 6.42 Å². The Balaban J connectivity index is 1.90. The van der Waals surface area contributed by atoms with Crippen molar-refractivity contribution in [2.45, 2.75) is 12.5 Å². The van der Waals surface area contributed by atoms with Gasteiger partial charge in [-0.3, -0.25) is 0 Å². The van der Waals surface area contributed by atoms with Crippen molar-refractivity contribution in [3.63, 3.8) is 0 Å². The minimum Gasteiger partial charge on any atom is -0.497 e. The molecule has 0 bridgehead atoms. The lowest BCUT2D eigenvalue weighted by atomic mass is 9.93. The molecule has 5 heteroatoms. The predicted molar refractivity (Wildman–Crippen MR) is 82.2 cm³/mol. The van der Waals surface area contributed by atoms with Gasteiger partial charge in [0.1, 0.15) is 5.75 Å². The highest BCUT2D eigenvalue weighted by atomic mass is 32.2. The van der Waals surface area contributed by atoms with Gasteiger partial charge < -0.3 is 9.84 Å². The van der Waals surface area contributed by atoms with Gasteiger partial charge in [0, 0.05) is 5.92 Å². The van der Waals surface area contributed by atoms with Gasteiger partial charge >= 0.3 is 0 Å². The van der Waals surface area contributed by atoms with Crippen LogP contribution in [0.5, 0.6) is 5.75 Å². The third-order valence-corrected chi connectivity index (χ3v) is 5.92. The van der Waals surface area contributed by atoms with Crippen molar-refractivity contribution in [2.24, 2.45) is 5.92 Å². The van der Waals surface area contributed by atoms with Crippen molar-refractivity contribution >= 4 is 20.6 Å². The quantitative estimate of drug-likeness (QED) is 0.945. The molecule has 1 aliphatic heterocycles. The van der Waals surface area contributed by atoms with Gasteiger partial charge in [-0.25, -0.2) is 8.42 Å². The number of methoxy groups -OCH3 is 1. The molecule has 2 unspecified atom stereocenters. The molecule has 1 N–H and O–H groups in total. The summed E-state index contributed by atoms with van der Waals surface area (Å²) in [4.78, 5) is 0. The third-order valence-electron chi connectivity index (χ3n) is 4.13. The summed E-state index contributed by atoms with van der Waals surface area (Å²) in [5, 5.41) is 12.5. The molecule has 21 heavy (non-hydrogen) atoms. The topological polar surface area (TPSA) is 63.6 Å². The Labute approximate surface area is 124 Å². The molecule has 2 aromatic carbocycles. The van der Waals surface area contributed by atoms with E-state index in [9.17, 15) is 13.5 Å². The number of ether oxygens (including phenoxy) is 1. The average Bonchev–Trinajstić information content (AvgIpc) is 2.85. The maximum atomic E-state index is 11.5. The Morgan fingerprint density at radius 2 is 1.90 bits per heavy atom. The summed E-state index contributed by atoms with van der Waals surface area (Å²) in [7, 11) is -1.35. The summed E-state index contributed by atoms with van der Waals surface area (Å²) in [6.07, 6.45) is -0.196. The Morgan fingerprint density at radius 1 is 1.19 bits per heavy atom. The average molecular weight is 306 g/mol. The van der Waals surface area contributed by atoms with Crippen LogP contribution in [-0.4, -0.2) is 32.1 Å². The van der Waals surface area contributed by atoms with E-state index in [1.807, 2.05) is 36.4 Å². The van der Waals surface area contributed by atoms with Gasteiger partial charge in [0.15, 0.2) is 9.84 Å². The number of aliphatic hydroxyl groups is 1. The molecule has 0 amide bonds. The molecule has 0 aromatic heterocycles. The Bertz CT molecular complexity index is 767. The lowest BCUT2D eigenvalue weighted by molar-refractivity contribution is 0.121. The molecule has 0 aliphatic carbocycles. The second-order valence-electron chi connectivity index (χ2n) is 5.58. The van der Waals surface area contributed by atoms with Crippen molar-refractivity contribution in [1.29, 1.82) is 0 Å². The zero-order valence-corrected chi connectivity index (χ0v) is 12.6. The van der Waals surface area contributed by atoms with Crippen molar-refractivity contribution in [3.8, 4) is 5.75 Å². The standard InChI is InChI=1S/C16H18O4S/c1-20-15-5-4-11-8-13(3-2-12(11)9-15)16(17)14-6-7-21(18,19)10-14/h2-5,8-9,14,16-17H,6-7,10H2,1H3. The van der Waals surface area contributed by atoms with E-state index in [2.05, 4.69) is 0 Å². The normalized spacial score (nSPS) is 22.3. The van der Waals surface area contributed by atoms with Crippen LogP contribution in [0.15, 0.2) is 36.4 Å². The molecule has 2 aromatic rings. The fraction of sp³-hybridized carbons (Fsp3) is 0.375. The van der Waals surface area contributed by atoms with Crippen LogP contribution in [0, 0.1) is 5.92 Å². The van der Waals surface area contributed by atoms with E-state index in [0.717, 1.165) is 22.1 Å². The summed E-state index contributed by atoms with van der Waals surface area (Å²) in [5.74, 6) is 0.845. The van der Waals surface area contributed by atoms with Crippen molar-refractivity contribution in [3.05, 3.63) is 42.0 Å². The molecular formula is C16H18O4S. The molecule has 1 heterocycles. The summed E-state index contributed by atoms with van der Waals surface area (Å²) >= 11 is 0. The van der Waals surface area contributed by atoms with E-state index in [1.54, 1.807) is 7.11 Å². The second kappa shape index (κ2) is 5.31. The molecule has 3 rings (SSSR count). The van der Waals surface area contributed by atoms with E-state index in [1.165, 1.54) is 0 Å². The van der Waals surface area contributed by atoms with Crippen LogP contribution in [0.2, 0.25) is 0 Å². The predicted octanol–water partition coefficient (Wildman–Crippen LogP) is 2.32. The molecule has 1 aliphatic rings. The fourth-order valence-electron chi connectivity index (χ4n) is 2.90. The van der Waals surface area contributed by atoms with E-state index in [4.69, 9.17) is 4.74 Å². The van der Waals surface area contributed by atoms with Crippen molar-refractivity contribution < 1.29 is 18.3 Å². The first-order chi connectivity index (χ1) is 9.98. The van der Waals surface area contributed by atoms with Crippen LogP contribution in [0.1, 0.15) is 18.1 Å². The number of aliphatic hydroxyl groups excluding tert-OH is 1. The fourth-order valence-corrected chi connectivity index (χ4v) is 4.73. The first kappa shape index (κ1) is 14.4. The van der Waals surface area contributed by atoms with Crippen LogP contribution in [0.25, 0.3) is 10.8 Å². The van der Waals surface area contributed by atoms with Gasteiger partial charge in [0.2, 0.25) is 0 Å². The van der Waals surface area contributed by atoms with Gasteiger partial charge in [-0.2, -0.15) is 0 Å². The zero-order chi connectivity index (χ0) is 15.0. The van der Waals surface area contributed by atoms with Gasteiger partial charge in [0.25, 0.3) is 0 Å². The largest absolute Gasteiger partial charge is 0.497 e. The summed E-state index contributed by atoms with van der Waals surface area (Å²) in [6, 6.07) is 11.5. The lowest BCUT2D eigenvalue weighted by Crippen LogP contribution is -2.14. The maximum Gasteiger partial charge on any atom is 0.150 e. The minimum absolute atomic E-state index is 0.0782. The lowest BCUT2D eigenvalue weighted by Gasteiger charge is -2.17. The number of fused-ring (bicyclic) bond motifs is 1. The zero-order valence-electron chi connectivity index (χ0n) is 11.8. The highest BCUT2D eigenvalue weighted by Crippen LogP contribution is 2.33. The number of hydrogen-bond acceptors (Lipinski definition) is 4. The number of sulfone groups is 1. The van der Waals surface area contributed by atoms with Crippen LogP contribution < -0.4 is 4.74 Å². The smallest absolute Gasteiger partial charge is 0.150 e. The highest BCUT2D eigenvalue weighted by molar-refractivity contribution is 7.91. The minimum atomic E-state index is -2.98. The van der Waals surface area contributed by atoms with Crippen molar-refractivity contribution in [2.75, 3.05) is 18.6 Å². The Morgan fingerprint density at radius 3 is 2.57 bits per heavy atom. The van der Waals surface area contributed by atoms with Gasteiger partial charge in [-0.1, -0.05) is 18.2 Å². The van der Waals surface area contributed by atoms with Crippen LogP contribution >= 0.6 is 0 Å². The molecular weight excluding hydrogens is 288 g/mol. The molecule has 1 fully saturated rings. The molecule has 4 nitrogen and oxygen atoms in total. The van der Waals surface area contributed by atoms with E-state index >= 15 is 0 Å². The maximum absolute atomic E-state index is 11.5. The van der Waals surface area contributed by atoms with Gasteiger partial charge in [-0.15, -0.1) is 0 Å². The SMILES string of the molecule is COc1ccc2cc(C(O)C3CCS(=O)(=O)C3)ccc2c1. The summed E-state index contributed by atoms with van der Waals surface area (Å²) in [6.45, 7) is 0. The molecule has 2 atom stereocenters.